The van der Waals surface area contributed by atoms with E-state index >= 15 is 0 Å². The number of carbonyl (C=O) groups excluding carboxylic acids is 1. The van der Waals surface area contributed by atoms with Gasteiger partial charge in [-0.3, -0.25) is 14.2 Å². The number of amides is 1. The van der Waals surface area contributed by atoms with Crippen molar-refractivity contribution in [2.75, 3.05) is 20.2 Å². The molecular formula is C13H18ClN3O3. The molecule has 110 valence electrons. The molecule has 1 aromatic rings. The van der Waals surface area contributed by atoms with Gasteiger partial charge in [0.05, 0.1) is 7.11 Å². The van der Waals surface area contributed by atoms with E-state index < -0.39 is 11.6 Å². The summed E-state index contributed by atoms with van der Waals surface area (Å²) >= 11 is 5.79. The van der Waals surface area contributed by atoms with Crippen molar-refractivity contribution >= 4 is 17.5 Å². The van der Waals surface area contributed by atoms with E-state index in [-0.39, 0.29) is 16.8 Å². The number of ether oxygens (including phenoxy) is 1. The Hall–Kier alpha value is -1.56. The van der Waals surface area contributed by atoms with Crippen LogP contribution >= 0.6 is 11.6 Å². The minimum Gasteiger partial charge on any atom is -0.489 e. The summed E-state index contributed by atoms with van der Waals surface area (Å²) in [6, 6.07) is -0.612. The molecule has 0 N–H and O–H groups in total. The number of hydrogen-bond acceptors (Lipinski definition) is 4. The average molecular weight is 300 g/mol. The molecule has 0 aliphatic carbocycles. The van der Waals surface area contributed by atoms with Crippen molar-refractivity contribution in [2.45, 2.75) is 32.2 Å². The molecule has 2 rings (SSSR count). The number of methoxy groups -OCH3 is 1. The fraction of sp³-hybridized carbons (Fsp3) is 0.615. The summed E-state index contributed by atoms with van der Waals surface area (Å²) in [5.41, 5.74) is -0.439. The Bertz CT molecular complexity index is 552. The van der Waals surface area contributed by atoms with E-state index in [1.807, 2.05) is 0 Å². The number of hydrogen-bond donors (Lipinski definition) is 0. The van der Waals surface area contributed by atoms with Gasteiger partial charge in [-0.1, -0.05) is 11.6 Å². The van der Waals surface area contributed by atoms with E-state index in [1.165, 1.54) is 18.0 Å². The van der Waals surface area contributed by atoms with E-state index in [1.54, 1.807) is 11.8 Å². The van der Waals surface area contributed by atoms with Crippen LogP contribution in [-0.2, 0) is 4.79 Å². The lowest BCUT2D eigenvalue weighted by Crippen LogP contribution is -2.42. The molecule has 1 atom stereocenters. The van der Waals surface area contributed by atoms with E-state index in [4.69, 9.17) is 16.3 Å². The molecule has 6 nitrogen and oxygen atoms in total. The standard InChI is InChI=1S/C13H18ClN3O3/c1-9(12(18)16-6-4-3-5-7-16)17-8-15-11(14)10(20-2)13(17)19/h8-9H,3-7H2,1-2H3. The second kappa shape index (κ2) is 6.26. The van der Waals surface area contributed by atoms with Crippen LogP contribution in [0, 0.1) is 0 Å². The zero-order valence-electron chi connectivity index (χ0n) is 11.6. The zero-order valence-corrected chi connectivity index (χ0v) is 12.4. The Morgan fingerprint density at radius 2 is 2.05 bits per heavy atom. The van der Waals surface area contributed by atoms with Gasteiger partial charge in [-0.15, -0.1) is 0 Å². The first-order chi connectivity index (χ1) is 9.56. The molecule has 20 heavy (non-hydrogen) atoms. The van der Waals surface area contributed by atoms with E-state index in [2.05, 4.69) is 4.98 Å². The molecule has 7 heteroatoms. The van der Waals surface area contributed by atoms with Gasteiger partial charge in [0.25, 0.3) is 5.56 Å². The highest BCUT2D eigenvalue weighted by Crippen LogP contribution is 2.18. The van der Waals surface area contributed by atoms with E-state index in [9.17, 15) is 9.59 Å². The predicted octanol–water partition coefficient (Wildman–Crippen LogP) is 1.48. The van der Waals surface area contributed by atoms with Gasteiger partial charge < -0.3 is 9.64 Å². The molecule has 0 saturated carbocycles. The summed E-state index contributed by atoms with van der Waals surface area (Å²) in [5, 5.41) is 0.00590. The van der Waals surface area contributed by atoms with Gasteiger partial charge >= 0.3 is 0 Å². The normalized spacial score (nSPS) is 16.9. The largest absolute Gasteiger partial charge is 0.489 e. The van der Waals surface area contributed by atoms with Crippen LogP contribution in [0.1, 0.15) is 32.2 Å². The lowest BCUT2D eigenvalue weighted by molar-refractivity contribution is -0.135. The van der Waals surface area contributed by atoms with Gasteiger partial charge in [0.15, 0.2) is 5.15 Å². The third-order valence-electron chi connectivity index (χ3n) is 3.56. The Kier molecular flexibility index (Phi) is 4.65. The summed E-state index contributed by atoms with van der Waals surface area (Å²) < 4.78 is 6.20. The minimum atomic E-state index is -0.612. The summed E-state index contributed by atoms with van der Waals surface area (Å²) in [6.45, 7) is 3.18. The second-order valence-electron chi connectivity index (χ2n) is 4.84. The smallest absolute Gasteiger partial charge is 0.298 e. The fourth-order valence-electron chi connectivity index (χ4n) is 2.37. The maximum atomic E-state index is 12.4. The van der Waals surface area contributed by atoms with Gasteiger partial charge in [0, 0.05) is 13.1 Å². The van der Waals surface area contributed by atoms with Crippen LogP contribution in [0.5, 0.6) is 5.75 Å². The molecule has 1 amide bonds. The van der Waals surface area contributed by atoms with Gasteiger partial charge in [0.2, 0.25) is 11.7 Å². The molecular weight excluding hydrogens is 282 g/mol. The molecule has 0 aromatic carbocycles. The molecule has 2 heterocycles. The number of nitrogens with zero attached hydrogens (tertiary/aromatic N) is 3. The number of carbonyl (C=O) groups is 1. The molecule has 1 fully saturated rings. The third-order valence-corrected chi connectivity index (χ3v) is 3.83. The number of piperidine rings is 1. The third kappa shape index (κ3) is 2.80. The predicted molar refractivity (Wildman–Crippen MR) is 75.2 cm³/mol. The van der Waals surface area contributed by atoms with Gasteiger partial charge in [-0.25, -0.2) is 4.98 Å². The van der Waals surface area contributed by atoms with Crippen LogP contribution in [0.4, 0.5) is 0 Å². The topological polar surface area (TPSA) is 64.4 Å². The number of rotatable bonds is 3. The molecule has 1 aliphatic heterocycles. The van der Waals surface area contributed by atoms with Crippen molar-refractivity contribution in [2.24, 2.45) is 0 Å². The maximum Gasteiger partial charge on any atom is 0.298 e. The van der Waals surface area contributed by atoms with Crippen molar-refractivity contribution in [1.82, 2.24) is 14.5 Å². The summed E-state index contributed by atoms with van der Waals surface area (Å²) in [7, 11) is 1.35. The fourth-order valence-corrected chi connectivity index (χ4v) is 2.58. The first kappa shape index (κ1) is 14.8. The van der Waals surface area contributed by atoms with Crippen LogP contribution in [0.15, 0.2) is 11.1 Å². The van der Waals surface area contributed by atoms with E-state index in [0.29, 0.717) is 0 Å². The first-order valence-electron chi connectivity index (χ1n) is 6.65. The second-order valence-corrected chi connectivity index (χ2v) is 5.20. The summed E-state index contributed by atoms with van der Waals surface area (Å²) in [5.74, 6) is -0.106. The monoisotopic (exact) mass is 299 g/mol. The molecule has 1 aliphatic rings. The van der Waals surface area contributed by atoms with Crippen LogP contribution in [0.2, 0.25) is 5.15 Å². The number of aromatic nitrogens is 2. The highest BCUT2D eigenvalue weighted by molar-refractivity contribution is 6.30. The minimum absolute atomic E-state index is 0.00590. The Labute approximate surface area is 122 Å². The Balaban J connectivity index is 2.26. The molecule has 0 spiro atoms. The van der Waals surface area contributed by atoms with Crippen molar-refractivity contribution in [3.63, 3.8) is 0 Å². The molecule has 1 unspecified atom stereocenters. The van der Waals surface area contributed by atoms with Crippen LogP contribution < -0.4 is 10.3 Å². The summed E-state index contributed by atoms with van der Waals surface area (Å²) in [6.07, 6.45) is 4.46. The Morgan fingerprint density at radius 3 is 2.65 bits per heavy atom. The quantitative estimate of drug-likeness (QED) is 0.793. The molecule has 0 radical (unpaired) electrons. The lowest BCUT2D eigenvalue weighted by Gasteiger charge is -2.29. The lowest BCUT2D eigenvalue weighted by atomic mass is 10.1. The highest BCUT2D eigenvalue weighted by Gasteiger charge is 2.25. The van der Waals surface area contributed by atoms with Crippen LogP contribution in [0.3, 0.4) is 0 Å². The van der Waals surface area contributed by atoms with Crippen LogP contribution in [0.25, 0.3) is 0 Å². The van der Waals surface area contributed by atoms with Gasteiger partial charge in [-0.05, 0) is 26.2 Å². The van der Waals surface area contributed by atoms with Crippen molar-refractivity contribution in [3.8, 4) is 5.75 Å². The number of likely N-dealkylation sites (tertiary alicyclic amines) is 1. The Morgan fingerprint density at radius 1 is 1.40 bits per heavy atom. The maximum absolute atomic E-state index is 12.4. The SMILES string of the molecule is COc1c(Cl)ncn(C(C)C(=O)N2CCCCC2)c1=O. The highest BCUT2D eigenvalue weighted by atomic mass is 35.5. The molecule has 1 saturated heterocycles. The van der Waals surface area contributed by atoms with Crippen LogP contribution in [-0.4, -0.2) is 40.6 Å². The molecule has 1 aromatic heterocycles. The van der Waals surface area contributed by atoms with Crippen molar-refractivity contribution in [3.05, 3.63) is 21.8 Å². The van der Waals surface area contributed by atoms with Crippen molar-refractivity contribution in [1.29, 1.82) is 0 Å². The van der Waals surface area contributed by atoms with Gasteiger partial charge in [-0.2, -0.15) is 0 Å². The summed E-state index contributed by atoms with van der Waals surface area (Å²) in [4.78, 5) is 30.3. The van der Waals surface area contributed by atoms with Gasteiger partial charge in [0.1, 0.15) is 12.4 Å². The van der Waals surface area contributed by atoms with Crippen molar-refractivity contribution < 1.29 is 9.53 Å². The zero-order chi connectivity index (χ0) is 14.7. The number of halogens is 1. The van der Waals surface area contributed by atoms with E-state index in [0.717, 1.165) is 32.4 Å². The average Bonchev–Trinajstić information content (AvgIpc) is 2.47. The first-order valence-corrected chi connectivity index (χ1v) is 7.03. The molecule has 0 bridgehead atoms.